The van der Waals surface area contributed by atoms with Crippen molar-refractivity contribution in [1.82, 2.24) is 0 Å². The summed E-state index contributed by atoms with van der Waals surface area (Å²) in [6.45, 7) is 0. The number of carbonyl (C=O) groups is 2. The molecule has 2 rings (SSSR count). The average molecular weight is 304 g/mol. The topological polar surface area (TPSA) is 74.6 Å². The molecule has 0 aromatic heterocycles. The van der Waals surface area contributed by atoms with Crippen LogP contribution in [0.25, 0.3) is 0 Å². The van der Waals surface area contributed by atoms with Gasteiger partial charge >= 0.3 is 123 Å². The summed E-state index contributed by atoms with van der Waals surface area (Å²) >= 11 is 0. The molecular formula is C16H17O4P. The van der Waals surface area contributed by atoms with Crippen LogP contribution in [0.5, 0.6) is 0 Å². The number of benzene rings is 2. The van der Waals surface area contributed by atoms with E-state index >= 15 is 0 Å². The molecule has 0 aliphatic rings. The number of aliphatic carboxylic acids is 2. The quantitative estimate of drug-likeness (QED) is 0.794. The molecule has 0 saturated heterocycles. The molecule has 0 aliphatic carbocycles. The fraction of sp³-hybridized carbons (Fsp3) is 0.125. The van der Waals surface area contributed by atoms with Crippen molar-refractivity contribution in [2.75, 3.05) is 12.3 Å². The van der Waals surface area contributed by atoms with Crippen LogP contribution >= 0.6 is 7.26 Å². The molecule has 0 spiro atoms. The summed E-state index contributed by atoms with van der Waals surface area (Å²) in [6.07, 6.45) is -0.263. The van der Waals surface area contributed by atoms with Crippen LogP contribution in [-0.2, 0) is 9.59 Å². The first-order valence-corrected chi connectivity index (χ1v) is 9.01. The second kappa shape index (κ2) is 6.51. The number of hydrogen-bond donors (Lipinski definition) is 2. The first-order valence-electron chi connectivity index (χ1n) is 6.59. The molecule has 0 heterocycles. The van der Waals surface area contributed by atoms with Gasteiger partial charge in [-0.25, -0.2) is 0 Å². The van der Waals surface area contributed by atoms with Gasteiger partial charge < -0.3 is 0 Å². The van der Waals surface area contributed by atoms with Crippen molar-refractivity contribution in [3.8, 4) is 0 Å². The minimum atomic E-state index is -2.87. The normalized spacial score (nSPS) is 11.8. The molecular weight excluding hydrogens is 287 g/mol. The summed E-state index contributed by atoms with van der Waals surface area (Å²) in [7, 11) is -2.87. The third kappa shape index (κ3) is 3.47. The van der Waals surface area contributed by atoms with Crippen molar-refractivity contribution in [2.24, 2.45) is 0 Å². The van der Waals surface area contributed by atoms with Crippen molar-refractivity contribution >= 4 is 29.8 Å². The maximum absolute atomic E-state index is 11.4. The van der Waals surface area contributed by atoms with Crippen LogP contribution in [0.3, 0.4) is 0 Å². The Kier molecular flexibility index (Phi) is 4.71. The fourth-order valence-corrected chi connectivity index (χ4v) is 6.64. The van der Waals surface area contributed by atoms with E-state index in [9.17, 15) is 19.8 Å². The van der Waals surface area contributed by atoms with Crippen LogP contribution < -0.4 is 10.6 Å². The van der Waals surface area contributed by atoms with E-state index in [4.69, 9.17) is 0 Å². The van der Waals surface area contributed by atoms with E-state index in [1.165, 1.54) is 0 Å². The Labute approximate surface area is 123 Å². The molecule has 4 nitrogen and oxygen atoms in total. The van der Waals surface area contributed by atoms with Gasteiger partial charge in [-0.2, -0.15) is 0 Å². The van der Waals surface area contributed by atoms with Gasteiger partial charge in [0.1, 0.15) is 0 Å². The van der Waals surface area contributed by atoms with Crippen molar-refractivity contribution in [1.29, 1.82) is 0 Å². The van der Waals surface area contributed by atoms with Gasteiger partial charge in [-0.15, -0.1) is 0 Å². The molecule has 2 N–H and O–H groups in total. The average Bonchev–Trinajstić information content (AvgIpc) is 2.47. The molecule has 0 radical (unpaired) electrons. The first-order chi connectivity index (χ1) is 10.0. The summed E-state index contributed by atoms with van der Waals surface area (Å²) < 4.78 is 0. The van der Waals surface area contributed by atoms with Crippen LogP contribution in [-0.4, -0.2) is 34.5 Å². The predicted molar refractivity (Wildman–Crippen MR) is 85.5 cm³/mol. The SMILES string of the molecule is O=C(O)C[PH](CC(=O)O)(c1ccccc1)c1ccccc1. The van der Waals surface area contributed by atoms with Crippen LogP contribution in [0.2, 0.25) is 0 Å². The molecule has 2 aromatic rings. The summed E-state index contributed by atoms with van der Waals surface area (Å²) in [6, 6.07) is 18.3. The second-order valence-electron chi connectivity index (χ2n) is 4.96. The molecule has 21 heavy (non-hydrogen) atoms. The Hall–Kier alpha value is -2.19. The molecule has 110 valence electrons. The van der Waals surface area contributed by atoms with Gasteiger partial charge in [0.15, 0.2) is 0 Å². The molecule has 0 aliphatic heterocycles. The van der Waals surface area contributed by atoms with E-state index in [-0.39, 0.29) is 12.3 Å². The molecule has 0 fully saturated rings. The molecule has 0 bridgehead atoms. The van der Waals surface area contributed by atoms with Crippen molar-refractivity contribution < 1.29 is 19.8 Å². The van der Waals surface area contributed by atoms with Crippen molar-refractivity contribution in [3.63, 3.8) is 0 Å². The van der Waals surface area contributed by atoms with E-state index in [1.54, 1.807) is 0 Å². The zero-order valence-electron chi connectivity index (χ0n) is 11.4. The van der Waals surface area contributed by atoms with E-state index in [2.05, 4.69) is 0 Å². The Morgan fingerprint density at radius 3 is 1.33 bits per heavy atom. The Balaban J connectivity index is 2.64. The van der Waals surface area contributed by atoms with Gasteiger partial charge in [0.2, 0.25) is 0 Å². The van der Waals surface area contributed by atoms with Gasteiger partial charge in [-0.1, -0.05) is 0 Å². The Morgan fingerprint density at radius 1 is 0.714 bits per heavy atom. The van der Waals surface area contributed by atoms with Crippen LogP contribution in [0.4, 0.5) is 0 Å². The zero-order valence-corrected chi connectivity index (χ0v) is 12.4. The second-order valence-corrected chi connectivity index (χ2v) is 8.98. The fourth-order valence-electron chi connectivity index (χ4n) is 2.67. The van der Waals surface area contributed by atoms with Crippen LogP contribution in [0.1, 0.15) is 0 Å². The predicted octanol–water partition coefficient (Wildman–Crippen LogP) is 1.56. The van der Waals surface area contributed by atoms with E-state index in [1.807, 2.05) is 60.7 Å². The monoisotopic (exact) mass is 304 g/mol. The molecule has 0 atom stereocenters. The van der Waals surface area contributed by atoms with E-state index in [0.717, 1.165) is 10.6 Å². The standard InChI is InChI=1S/C16H17O4P/c17-15(18)11-21(12-16(19)20,13-7-3-1-4-8-13)14-9-5-2-6-10-14/h1-10,21H,11-12H2,(H,17,18)(H,19,20). The Bertz CT molecular complexity index is 568. The van der Waals surface area contributed by atoms with Crippen molar-refractivity contribution in [3.05, 3.63) is 60.7 Å². The third-order valence-corrected chi connectivity index (χ3v) is 8.25. The summed E-state index contributed by atoms with van der Waals surface area (Å²) in [5.74, 6) is -1.92. The van der Waals surface area contributed by atoms with Crippen LogP contribution in [0, 0.1) is 0 Å². The van der Waals surface area contributed by atoms with Gasteiger partial charge in [0.05, 0.1) is 0 Å². The molecule has 2 aromatic carbocycles. The summed E-state index contributed by atoms with van der Waals surface area (Å²) in [5.41, 5.74) is 0. The van der Waals surface area contributed by atoms with E-state index < -0.39 is 19.2 Å². The molecule has 5 heteroatoms. The van der Waals surface area contributed by atoms with Crippen LogP contribution in [0.15, 0.2) is 60.7 Å². The van der Waals surface area contributed by atoms with E-state index in [0.29, 0.717) is 0 Å². The first kappa shape index (κ1) is 15.2. The molecule has 0 unspecified atom stereocenters. The molecule has 0 saturated carbocycles. The van der Waals surface area contributed by atoms with Gasteiger partial charge in [-0.3, -0.25) is 0 Å². The van der Waals surface area contributed by atoms with Gasteiger partial charge in [-0.05, 0) is 0 Å². The Morgan fingerprint density at radius 2 is 1.05 bits per heavy atom. The summed E-state index contributed by atoms with van der Waals surface area (Å²) in [4.78, 5) is 22.8. The number of rotatable bonds is 6. The van der Waals surface area contributed by atoms with Gasteiger partial charge in [0, 0.05) is 0 Å². The summed E-state index contributed by atoms with van der Waals surface area (Å²) in [5, 5.41) is 20.3. The number of carboxylic acid groups (broad SMARTS) is 2. The maximum atomic E-state index is 11.4. The van der Waals surface area contributed by atoms with Gasteiger partial charge in [0.25, 0.3) is 0 Å². The molecule has 0 amide bonds. The number of hydrogen-bond acceptors (Lipinski definition) is 2. The number of carboxylic acids is 2. The van der Waals surface area contributed by atoms with Crippen molar-refractivity contribution in [2.45, 2.75) is 0 Å². The zero-order chi connectivity index (χ0) is 15.3. The minimum absolute atomic E-state index is 0.132. The third-order valence-electron chi connectivity index (χ3n) is 3.56.